The van der Waals surface area contributed by atoms with Crippen molar-refractivity contribution in [2.24, 2.45) is 0 Å². The summed E-state index contributed by atoms with van der Waals surface area (Å²) in [4.78, 5) is 11.4. The van der Waals surface area contributed by atoms with E-state index < -0.39 is 0 Å². The van der Waals surface area contributed by atoms with Gasteiger partial charge in [-0.25, -0.2) is 0 Å². The Kier molecular flexibility index (Phi) is 2.50. The third kappa shape index (κ3) is 1.63. The number of nitrogens with one attached hydrogen (secondary N) is 1. The number of carbonyl (C=O) groups is 1. The number of ketones is 1. The lowest BCUT2D eigenvalue weighted by Gasteiger charge is -2.09. The number of hydrogen-bond donors (Lipinski definition) is 1. The summed E-state index contributed by atoms with van der Waals surface area (Å²) in [5, 5.41) is 3.17. The summed E-state index contributed by atoms with van der Waals surface area (Å²) in [5.41, 5.74) is 1.02. The third-order valence-electron chi connectivity index (χ3n) is 2.49. The van der Waals surface area contributed by atoms with Gasteiger partial charge in [0.05, 0.1) is 13.2 Å². The van der Waals surface area contributed by atoms with Crippen LogP contribution in [-0.4, -0.2) is 19.4 Å². The Labute approximate surface area is 83.1 Å². The number of methoxy groups -OCH3 is 1. The Morgan fingerprint density at radius 2 is 2.07 bits per heavy atom. The van der Waals surface area contributed by atoms with Crippen LogP contribution in [0.2, 0.25) is 0 Å². The summed E-state index contributed by atoms with van der Waals surface area (Å²) < 4.78 is 5.05. The van der Waals surface area contributed by atoms with Crippen molar-refractivity contribution in [1.82, 2.24) is 5.32 Å². The molecule has 74 valence electrons. The van der Waals surface area contributed by atoms with Gasteiger partial charge in [0.15, 0.2) is 5.78 Å². The summed E-state index contributed by atoms with van der Waals surface area (Å²) in [7, 11) is 1.63. The standard InChI is InChI=1S/C11H13NO2/c1-14-9-4-2-8(3-5-9)11-10(13)6-7-12-11/h2-5,11-12H,6-7H2,1H3. The van der Waals surface area contributed by atoms with E-state index in [0.717, 1.165) is 17.9 Å². The molecule has 1 aromatic carbocycles. The maximum atomic E-state index is 11.4. The molecule has 0 aromatic heterocycles. The first-order valence-electron chi connectivity index (χ1n) is 4.71. The molecule has 1 aliphatic heterocycles. The van der Waals surface area contributed by atoms with E-state index in [4.69, 9.17) is 4.74 Å². The summed E-state index contributed by atoms with van der Waals surface area (Å²) in [6.45, 7) is 0.787. The number of ether oxygens (including phenoxy) is 1. The summed E-state index contributed by atoms with van der Waals surface area (Å²) >= 11 is 0. The van der Waals surface area contributed by atoms with Crippen LogP contribution in [0.1, 0.15) is 18.0 Å². The Balaban J connectivity index is 2.20. The van der Waals surface area contributed by atoms with E-state index in [1.807, 2.05) is 24.3 Å². The van der Waals surface area contributed by atoms with Crippen molar-refractivity contribution >= 4 is 5.78 Å². The SMILES string of the molecule is COc1ccc(C2NCCC2=O)cc1. The van der Waals surface area contributed by atoms with Gasteiger partial charge >= 0.3 is 0 Å². The van der Waals surface area contributed by atoms with E-state index in [0.29, 0.717) is 6.42 Å². The number of benzene rings is 1. The number of hydrogen-bond acceptors (Lipinski definition) is 3. The van der Waals surface area contributed by atoms with Gasteiger partial charge in [-0.2, -0.15) is 0 Å². The molecule has 14 heavy (non-hydrogen) atoms. The van der Waals surface area contributed by atoms with E-state index in [1.54, 1.807) is 7.11 Å². The Morgan fingerprint density at radius 3 is 2.57 bits per heavy atom. The van der Waals surface area contributed by atoms with Crippen molar-refractivity contribution in [3.63, 3.8) is 0 Å². The lowest BCUT2D eigenvalue weighted by molar-refractivity contribution is -0.118. The van der Waals surface area contributed by atoms with Crippen LogP contribution >= 0.6 is 0 Å². The van der Waals surface area contributed by atoms with E-state index in [-0.39, 0.29) is 11.8 Å². The molecule has 1 aromatic rings. The zero-order chi connectivity index (χ0) is 9.97. The summed E-state index contributed by atoms with van der Waals surface area (Å²) in [6, 6.07) is 7.51. The van der Waals surface area contributed by atoms with E-state index >= 15 is 0 Å². The molecular weight excluding hydrogens is 178 g/mol. The van der Waals surface area contributed by atoms with Crippen molar-refractivity contribution in [2.45, 2.75) is 12.5 Å². The molecule has 0 amide bonds. The normalized spacial score (nSPS) is 21.2. The second-order valence-corrected chi connectivity index (χ2v) is 3.38. The quantitative estimate of drug-likeness (QED) is 0.765. The average Bonchev–Trinajstić information content (AvgIpc) is 2.65. The zero-order valence-electron chi connectivity index (χ0n) is 8.12. The van der Waals surface area contributed by atoms with Gasteiger partial charge in [-0.15, -0.1) is 0 Å². The molecule has 1 N–H and O–H groups in total. The lowest BCUT2D eigenvalue weighted by Crippen LogP contribution is -2.17. The smallest absolute Gasteiger partial charge is 0.155 e. The Bertz CT molecular complexity index is 332. The van der Waals surface area contributed by atoms with E-state index in [2.05, 4.69) is 5.32 Å². The molecule has 0 spiro atoms. The van der Waals surface area contributed by atoms with Crippen molar-refractivity contribution in [3.8, 4) is 5.75 Å². The molecule has 0 aliphatic carbocycles. The second-order valence-electron chi connectivity index (χ2n) is 3.38. The first kappa shape index (κ1) is 9.21. The number of carbonyl (C=O) groups excluding carboxylic acids is 1. The molecule has 2 rings (SSSR count). The first-order chi connectivity index (χ1) is 6.81. The Morgan fingerprint density at radius 1 is 1.36 bits per heavy atom. The van der Waals surface area contributed by atoms with Crippen LogP contribution < -0.4 is 10.1 Å². The minimum absolute atomic E-state index is 0.110. The third-order valence-corrected chi connectivity index (χ3v) is 2.49. The summed E-state index contributed by atoms with van der Waals surface area (Å²) in [5.74, 6) is 1.09. The van der Waals surface area contributed by atoms with Crippen LogP contribution in [0.5, 0.6) is 5.75 Å². The van der Waals surface area contributed by atoms with Crippen LogP contribution in [0.3, 0.4) is 0 Å². The fraction of sp³-hybridized carbons (Fsp3) is 0.364. The molecule has 3 nitrogen and oxygen atoms in total. The number of Topliss-reactive ketones (excluding diaryl/α,β-unsaturated/α-hetero) is 1. The van der Waals surface area contributed by atoms with Crippen molar-refractivity contribution in [3.05, 3.63) is 29.8 Å². The van der Waals surface area contributed by atoms with Gasteiger partial charge in [-0.05, 0) is 17.7 Å². The van der Waals surface area contributed by atoms with Crippen LogP contribution in [0.25, 0.3) is 0 Å². The first-order valence-corrected chi connectivity index (χ1v) is 4.71. The molecule has 0 bridgehead atoms. The predicted molar refractivity (Wildman–Crippen MR) is 53.4 cm³/mol. The molecule has 0 saturated carbocycles. The van der Waals surface area contributed by atoms with Crippen molar-refractivity contribution < 1.29 is 9.53 Å². The van der Waals surface area contributed by atoms with Gasteiger partial charge in [0, 0.05) is 13.0 Å². The monoisotopic (exact) mass is 191 g/mol. The van der Waals surface area contributed by atoms with Gasteiger partial charge in [0.2, 0.25) is 0 Å². The molecular formula is C11H13NO2. The fourth-order valence-corrected chi connectivity index (χ4v) is 1.70. The van der Waals surface area contributed by atoms with Crippen LogP contribution in [0.15, 0.2) is 24.3 Å². The topological polar surface area (TPSA) is 38.3 Å². The van der Waals surface area contributed by atoms with Crippen LogP contribution in [-0.2, 0) is 4.79 Å². The molecule has 0 radical (unpaired) electrons. The lowest BCUT2D eigenvalue weighted by atomic mass is 10.0. The molecule has 1 atom stereocenters. The Hall–Kier alpha value is -1.35. The van der Waals surface area contributed by atoms with Gasteiger partial charge in [-0.1, -0.05) is 12.1 Å². The molecule has 1 fully saturated rings. The molecule has 1 aliphatic rings. The predicted octanol–water partition coefficient (Wildman–Crippen LogP) is 1.30. The van der Waals surface area contributed by atoms with Crippen molar-refractivity contribution in [1.29, 1.82) is 0 Å². The van der Waals surface area contributed by atoms with Gasteiger partial charge in [0.1, 0.15) is 5.75 Å². The van der Waals surface area contributed by atoms with Crippen LogP contribution in [0, 0.1) is 0 Å². The zero-order valence-corrected chi connectivity index (χ0v) is 8.12. The van der Waals surface area contributed by atoms with Gasteiger partial charge < -0.3 is 10.1 Å². The molecule has 1 unspecified atom stereocenters. The number of rotatable bonds is 2. The van der Waals surface area contributed by atoms with Crippen LogP contribution in [0.4, 0.5) is 0 Å². The highest BCUT2D eigenvalue weighted by atomic mass is 16.5. The molecule has 1 heterocycles. The summed E-state index contributed by atoms with van der Waals surface area (Å²) in [6.07, 6.45) is 0.636. The van der Waals surface area contributed by atoms with E-state index in [9.17, 15) is 4.79 Å². The maximum absolute atomic E-state index is 11.4. The largest absolute Gasteiger partial charge is 0.497 e. The second kappa shape index (κ2) is 3.80. The molecule has 3 heteroatoms. The van der Waals surface area contributed by atoms with E-state index in [1.165, 1.54) is 0 Å². The molecule has 1 saturated heterocycles. The van der Waals surface area contributed by atoms with Gasteiger partial charge in [0.25, 0.3) is 0 Å². The average molecular weight is 191 g/mol. The highest BCUT2D eigenvalue weighted by molar-refractivity contribution is 5.87. The highest BCUT2D eigenvalue weighted by Crippen LogP contribution is 2.22. The minimum atomic E-state index is -0.110. The minimum Gasteiger partial charge on any atom is -0.497 e. The van der Waals surface area contributed by atoms with Gasteiger partial charge in [-0.3, -0.25) is 4.79 Å². The highest BCUT2D eigenvalue weighted by Gasteiger charge is 2.24. The fourth-order valence-electron chi connectivity index (χ4n) is 1.70. The maximum Gasteiger partial charge on any atom is 0.155 e. The van der Waals surface area contributed by atoms with Crippen molar-refractivity contribution in [2.75, 3.05) is 13.7 Å².